The van der Waals surface area contributed by atoms with E-state index in [0.717, 1.165) is 11.1 Å². The number of terminal acetylenes is 1. The molecule has 4 N–H and O–H groups in total. The Bertz CT molecular complexity index is 1710. The molecular formula is C45H62IN5O8. The van der Waals surface area contributed by atoms with Crippen LogP contribution in [0.5, 0.6) is 0 Å². The minimum atomic E-state index is -1.54. The highest BCUT2D eigenvalue weighted by Gasteiger charge is 2.42. The van der Waals surface area contributed by atoms with Crippen LogP contribution in [0.2, 0.25) is 0 Å². The number of carbonyl (C=O) groups excluding carboxylic acids is 6. The zero-order valence-electron chi connectivity index (χ0n) is 35.1. The molecule has 322 valence electrons. The van der Waals surface area contributed by atoms with E-state index in [4.69, 9.17) is 15.9 Å². The molecule has 3 rings (SSSR count). The van der Waals surface area contributed by atoms with Gasteiger partial charge in [0.25, 0.3) is 0 Å². The summed E-state index contributed by atoms with van der Waals surface area (Å²) in [7, 11) is 0. The van der Waals surface area contributed by atoms with Crippen LogP contribution in [0.25, 0.3) is 0 Å². The van der Waals surface area contributed by atoms with E-state index in [1.54, 1.807) is 0 Å². The Hall–Kier alpha value is -4.33. The normalized spacial score (nSPS) is 16.1. The van der Waals surface area contributed by atoms with E-state index in [0.29, 0.717) is 39.1 Å². The number of hydrogen-bond donors (Lipinski definition) is 4. The lowest BCUT2D eigenvalue weighted by atomic mass is 9.90. The third kappa shape index (κ3) is 17.4. The van der Waals surface area contributed by atoms with Gasteiger partial charge in [0.05, 0.1) is 32.2 Å². The van der Waals surface area contributed by atoms with Crippen LogP contribution >= 0.6 is 22.6 Å². The Morgan fingerprint density at radius 1 is 0.780 bits per heavy atom. The van der Waals surface area contributed by atoms with Crippen molar-refractivity contribution in [2.45, 2.75) is 109 Å². The van der Waals surface area contributed by atoms with E-state index in [9.17, 15) is 28.8 Å². The summed E-state index contributed by atoms with van der Waals surface area (Å²) in [5, 5.41) is 11.6. The number of esters is 1. The van der Waals surface area contributed by atoms with Gasteiger partial charge in [-0.1, -0.05) is 111 Å². The summed E-state index contributed by atoms with van der Waals surface area (Å²) >= 11 is 1.98. The lowest BCUT2D eigenvalue weighted by Crippen LogP contribution is -2.60. The average Bonchev–Trinajstić information content (AvgIpc) is 3.21. The number of halogens is 1. The molecule has 0 aliphatic carbocycles. The highest BCUT2D eigenvalue weighted by atomic mass is 127. The second-order valence-corrected chi connectivity index (χ2v) is 16.8. The van der Waals surface area contributed by atoms with Crippen molar-refractivity contribution in [1.82, 2.24) is 26.2 Å². The Morgan fingerprint density at radius 3 is 1.88 bits per heavy atom. The summed E-state index contributed by atoms with van der Waals surface area (Å²) in [6, 6.07) is 14.6. The van der Waals surface area contributed by atoms with Crippen molar-refractivity contribution in [2.24, 2.45) is 11.8 Å². The minimum Gasteiger partial charge on any atom is -0.450 e. The minimum absolute atomic E-state index is 0.0307. The second kappa shape index (κ2) is 25.3. The first-order valence-corrected chi connectivity index (χ1v) is 22.0. The third-order valence-corrected chi connectivity index (χ3v) is 11.3. The van der Waals surface area contributed by atoms with Crippen LogP contribution in [0.1, 0.15) is 77.8 Å². The van der Waals surface area contributed by atoms with Gasteiger partial charge in [0.1, 0.15) is 18.1 Å². The molecule has 1 fully saturated rings. The Kier molecular flexibility index (Phi) is 21.1. The number of alkyl halides is 1. The zero-order chi connectivity index (χ0) is 43.4. The molecule has 0 saturated carbocycles. The van der Waals surface area contributed by atoms with Gasteiger partial charge in [0.2, 0.25) is 23.6 Å². The molecule has 0 bridgehead atoms. The zero-order valence-corrected chi connectivity index (χ0v) is 37.3. The molecule has 1 aliphatic heterocycles. The van der Waals surface area contributed by atoms with E-state index in [2.05, 4.69) is 27.2 Å². The maximum atomic E-state index is 14.3. The molecule has 13 nitrogen and oxygen atoms in total. The fraction of sp³-hybridized carbons (Fsp3) is 0.556. The first-order chi connectivity index (χ1) is 28.1. The van der Waals surface area contributed by atoms with Gasteiger partial charge < -0.3 is 30.7 Å². The molecule has 1 heterocycles. The number of hydrogen-bond acceptors (Lipinski definition) is 9. The monoisotopic (exact) mass is 927 g/mol. The SMILES string of the molecule is C#CCCC(=O)O[C@](C)(CI)C(=O)[C@H](CC(C)C)NC(=O)[C@H](Cc1ccccc1)NC(=O)[C@H](CC(C)C)NC(=O)[C@H](CCc1ccccc1)NC(=O)CN1CCOCC1. The molecule has 1 aliphatic rings. The quantitative estimate of drug-likeness (QED) is 0.0527. The molecule has 14 heteroatoms. The molecule has 2 aromatic rings. The van der Waals surface area contributed by atoms with Crippen molar-refractivity contribution in [3.8, 4) is 12.3 Å². The number of aryl methyl sites for hydroxylation is 1. The van der Waals surface area contributed by atoms with Gasteiger partial charge in [0.15, 0.2) is 11.4 Å². The first kappa shape index (κ1) is 49.0. The number of morpholine rings is 1. The number of ketones is 1. The number of Topliss-reactive ketones (excluding diaryl/α,β-unsaturated/α-hetero) is 1. The highest BCUT2D eigenvalue weighted by Crippen LogP contribution is 2.22. The molecular weight excluding hydrogens is 865 g/mol. The van der Waals surface area contributed by atoms with Crippen LogP contribution in [-0.2, 0) is 51.1 Å². The largest absolute Gasteiger partial charge is 0.450 e. The lowest BCUT2D eigenvalue weighted by molar-refractivity contribution is -0.164. The van der Waals surface area contributed by atoms with Crippen molar-refractivity contribution in [2.75, 3.05) is 37.3 Å². The summed E-state index contributed by atoms with van der Waals surface area (Å²) in [6.45, 7) is 11.5. The van der Waals surface area contributed by atoms with E-state index < -0.39 is 59.2 Å². The summed E-state index contributed by atoms with van der Waals surface area (Å²) in [5.41, 5.74) is 0.208. The van der Waals surface area contributed by atoms with Gasteiger partial charge in [-0.2, -0.15) is 0 Å². The van der Waals surface area contributed by atoms with E-state index in [1.165, 1.54) is 6.92 Å². The van der Waals surface area contributed by atoms with Crippen molar-refractivity contribution in [3.63, 3.8) is 0 Å². The van der Waals surface area contributed by atoms with E-state index >= 15 is 0 Å². The molecule has 0 spiro atoms. The predicted octanol–water partition coefficient (Wildman–Crippen LogP) is 3.94. The predicted molar refractivity (Wildman–Crippen MR) is 235 cm³/mol. The van der Waals surface area contributed by atoms with Gasteiger partial charge in [-0.3, -0.25) is 33.7 Å². The van der Waals surface area contributed by atoms with Crippen molar-refractivity contribution in [1.29, 1.82) is 0 Å². The van der Waals surface area contributed by atoms with Crippen LogP contribution in [-0.4, -0.2) is 107 Å². The molecule has 0 radical (unpaired) electrons. The smallest absolute Gasteiger partial charge is 0.307 e. The molecule has 2 aromatic carbocycles. The number of nitrogens with one attached hydrogen (secondary N) is 4. The fourth-order valence-electron chi connectivity index (χ4n) is 6.70. The molecule has 1 saturated heterocycles. The number of rotatable bonds is 24. The Morgan fingerprint density at radius 2 is 1.31 bits per heavy atom. The number of ether oxygens (including phenoxy) is 2. The maximum Gasteiger partial charge on any atom is 0.307 e. The van der Waals surface area contributed by atoms with Crippen LogP contribution in [0.15, 0.2) is 60.7 Å². The molecule has 4 amide bonds. The topological polar surface area (TPSA) is 172 Å². The first-order valence-electron chi connectivity index (χ1n) is 20.5. The summed E-state index contributed by atoms with van der Waals surface area (Å²) in [4.78, 5) is 84.6. The van der Waals surface area contributed by atoms with Gasteiger partial charge in [0, 0.05) is 30.4 Å². The average molecular weight is 928 g/mol. The van der Waals surface area contributed by atoms with Crippen molar-refractivity contribution in [3.05, 3.63) is 71.8 Å². The van der Waals surface area contributed by atoms with Crippen LogP contribution in [0, 0.1) is 24.2 Å². The Labute approximate surface area is 363 Å². The van der Waals surface area contributed by atoms with Crippen molar-refractivity contribution >= 4 is 58.0 Å². The van der Waals surface area contributed by atoms with Gasteiger partial charge in [-0.25, -0.2) is 0 Å². The standard InChI is InChI=1S/C45H62IN5O8/c1-7-8-19-40(53)59-45(6,30-46)41(54)36(26-31(2)3)48-44(57)38(28-34-17-13-10-14-18-34)50-43(56)37(27-32(4)5)49-42(55)35(21-20-33-15-11-9-12-16-33)47-39(52)29-51-22-24-58-25-23-51/h1,9-18,31-32,35-38H,8,19-30H2,2-6H3,(H,47,52)(H,48,57)(H,49,55)(H,50,56)/t35-,36-,37-,38-,45+/m0/s1. The number of amides is 4. The van der Waals surface area contributed by atoms with Gasteiger partial charge >= 0.3 is 5.97 Å². The molecule has 0 unspecified atom stereocenters. The number of carbonyl (C=O) groups is 6. The molecule has 0 aromatic heterocycles. The molecule has 59 heavy (non-hydrogen) atoms. The summed E-state index contributed by atoms with van der Waals surface area (Å²) < 4.78 is 11.2. The van der Waals surface area contributed by atoms with Crippen LogP contribution < -0.4 is 21.3 Å². The van der Waals surface area contributed by atoms with Gasteiger partial charge in [-0.05, 0) is 55.6 Å². The molecule has 5 atom stereocenters. The summed E-state index contributed by atoms with van der Waals surface area (Å²) in [5.74, 6) is -0.780. The lowest BCUT2D eigenvalue weighted by Gasteiger charge is -2.32. The number of nitrogens with zero attached hydrogens (tertiary/aromatic N) is 1. The fourth-order valence-corrected chi connectivity index (χ4v) is 7.23. The summed E-state index contributed by atoms with van der Waals surface area (Å²) in [6.07, 6.45) is 6.82. The van der Waals surface area contributed by atoms with Crippen molar-refractivity contribution < 1.29 is 38.2 Å². The number of benzene rings is 2. The highest BCUT2D eigenvalue weighted by molar-refractivity contribution is 14.1. The van der Waals surface area contributed by atoms with Crippen LogP contribution in [0.4, 0.5) is 0 Å². The third-order valence-electron chi connectivity index (χ3n) is 9.87. The van der Waals surface area contributed by atoms with E-state index in [1.807, 2.05) is 116 Å². The van der Waals surface area contributed by atoms with Gasteiger partial charge in [-0.15, -0.1) is 12.3 Å². The Balaban J connectivity index is 1.87. The van der Waals surface area contributed by atoms with Crippen LogP contribution in [0.3, 0.4) is 0 Å². The van der Waals surface area contributed by atoms with E-state index in [-0.39, 0.29) is 60.8 Å². The maximum absolute atomic E-state index is 14.3. The second-order valence-electron chi connectivity index (χ2n) is 16.1.